The largest absolute Gasteiger partial charge is 0.381 e. The van der Waals surface area contributed by atoms with Crippen molar-refractivity contribution in [2.24, 2.45) is 5.92 Å². The van der Waals surface area contributed by atoms with Crippen LogP contribution in [0.1, 0.15) is 24.8 Å². The van der Waals surface area contributed by atoms with Gasteiger partial charge in [0.15, 0.2) is 0 Å². The summed E-state index contributed by atoms with van der Waals surface area (Å²) in [6.45, 7) is 5.01. The van der Waals surface area contributed by atoms with Gasteiger partial charge in [0.05, 0.1) is 12.3 Å². The number of likely N-dealkylation sites (tertiary alicyclic amines) is 1. The lowest BCUT2D eigenvalue weighted by Gasteiger charge is -2.34. The number of halogens is 1. The number of hydrogen-bond acceptors (Lipinski definition) is 4. The van der Waals surface area contributed by atoms with Crippen LogP contribution in [0.2, 0.25) is 0 Å². The first kappa shape index (κ1) is 15.3. The summed E-state index contributed by atoms with van der Waals surface area (Å²) in [6.07, 6.45) is 3.22. The third-order valence-electron chi connectivity index (χ3n) is 4.61. The molecule has 0 spiro atoms. The topological polar surface area (TPSA) is 48.3 Å². The normalized spacial score (nSPS) is 23.4. The van der Waals surface area contributed by atoms with Crippen molar-refractivity contribution < 1.29 is 9.13 Å². The van der Waals surface area contributed by atoms with Gasteiger partial charge in [-0.3, -0.25) is 0 Å². The number of rotatable bonds is 4. The standard InChI is InChI=1S/C17H22FN3O/c18-16-2-1-3-17(15(16)10-19)20-14-4-7-21(8-5-14)11-13-6-9-22-12-13/h1-3,13-14,20H,4-9,11-12H2. The van der Waals surface area contributed by atoms with Gasteiger partial charge in [0, 0.05) is 32.3 Å². The van der Waals surface area contributed by atoms with Crippen LogP contribution in [0.15, 0.2) is 18.2 Å². The number of anilines is 1. The van der Waals surface area contributed by atoms with Crippen LogP contribution in [-0.2, 0) is 4.74 Å². The lowest BCUT2D eigenvalue weighted by atomic mass is 10.0. The van der Waals surface area contributed by atoms with Gasteiger partial charge in [-0.2, -0.15) is 5.26 Å². The molecule has 0 radical (unpaired) electrons. The molecule has 0 aromatic heterocycles. The number of nitrogens with zero attached hydrogens (tertiary/aromatic N) is 2. The fourth-order valence-electron chi connectivity index (χ4n) is 3.33. The van der Waals surface area contributed by atoms with Crippen molar-refractivity contribution in [3.63, 3.8) is 0 Å². The Morgan fingerprint density at radius 3 is 2.82 bits per heavy atom. The molecule has 2 aliphatic heterocycles. The number of hydrogen-bond donors (Lipinski definition) is 1. The van der Waals surface area contributed by atoms with Gasteiger partial charge < -0.3 is 15.0 Å². The van der Waals surface area contributed by atoms with Gasteiger partial charge in [-0.15, -0.1) is 0 Å². The quantitative estimate of drug-likeness (QED) is 0.929. The monoisotopic (exact) mass is 303 g/mol. The molecule has 2 aliphatic rings. The van der Waals surface area contributed by atoms with E-state index in [1.807, 2.05) is 6.07 Å². The Morgan fingerprint density at radius 2 is 2.14 bits per heavy atom. The summed E-state index contributed by atoms with van der Waals surface area (Å²) in [5.41, 5.74) is 0.734. The van der Waals surface area contributed by atoms with Crippen LogP contribution in [0, 0.1) is 23.1 Å². The maximum absolute atomic E-state index is 13.6. The van der Waals surface area contributed by atoms with Gasteiger partial charge in [0.1, 0.15) is 17.4 Å². The zero-order valence-electron chi connectivity index (χ0n) is 12.7. The number of nitriles is 1. The van der Waals surface area contributed by atoms with Gasteiger partial charge in [-0.05, 0) is 37.3 Å². The molecular weight excluding hydrogens is 281 g/mol. The highest BCUT2D eigenvalue weighted by atomic mass is 19.1. The van der Waals surface area contributed by atoms with E-state index in [4.69, 9.17) is 10.00 Å². The second-order valence-corrected chi connectivity index (χ2v) is 6.22. The van der Waals surface area contributed by atoms with Gasteiger partial charge in [-0.25, -0.2) is 4.39 Å². The lowest BCUT2D eigenvalue weighted by molar-refractivity contribution is 0.154. The first-order valence-corrected chi connectivity index (χ1v) is 8.01. The molecule has 2 saturated heterocycles. The number of benzene rings is 1. The van der Waals surface area contributed by atoms with Crippen LogP contribution in [0.25, 0.3) is 0 Å². The van der Waals surface area contributed by atoms with Crippen LogP contribution in [0.5, 0.6) is 0 Å². The molecule has 4 nitrogen and oxygen atoms in total. The maximum Gasteiger partial charge on any atom is 0.143 e. The van der Waals surface area contributed by atoms with Gasteiger partial charge in [-0.1, -0.05) is 6.07 Å². The Morgan fingerprint density at radius 1 is 1.32 bits per heavy atom. The molecule has 1 aromatic rings. The van der Waals surface area contributed by atoms with Crippen molar-refractivity contribution in [3.05, 3.63) is 29.6 Å². The minimum Gasteiger partial charge on any atom is -0.381 e. The fourth-order valence-corrected chi connectivity index (χ4v) is 3.33. The Bertz CT molecular complexity index is 543. The number of ether oxygens (including phenoxy) is 1. The van der Waals surface area contributed by atoms with Crippen molar-refractivity contribution >= 4 is 5.69 Å². The number of piperidine rings is 1. The van der Waals surface area contributed by atoms with Crippen LogP contribution in [-0.4, -0.2) is 43.8 Å². The van der Waals surface area contributed by atoms with Crippen LogP contribution < -0.4 is 5.32 Å². The summed E-state index contributed by atoms with van der Waals surface area (Å²) in [5.74, 6) is 0.226. The summed E-state index contributed by atoms with van der Waals surface area (Å²) in [4.78, 5) is 2.49. The van der Waals surface area contributed by atoms with E-state index in [-0.39, 0.29) is 5.56 Å². The molecule has 22 heavy (non-hydrogen) atoms. The predicted molar refractivity (Wildman–Crippen MR) is 83.1 cm³/mol. The molecule has 2 fully saturated rings. The highest BCUT2D eigenvalue weighted by Crippen LogP contribution is 2.23. The zero-order valence-corrected chi connectivity index (χ0v) is 12.7. The van der Waals surface area contributed by atoms with E-state index in [1.165, 1.54) is 12.5 Å². The second kappa shape index (κ2) is 7.08. The summed E-state index contributed by atoms with van der Waals surface area (Å²) < 4.78 is 19.0. The highest BCUT2D eigenvalue weighted by Gasteiger charge is 2.24. The van der Waals surface area contributed by atoms with Crippen LogP contribution in [0.3, 0.4) is 0 Å². The van der Waals surface area contributed by atoms with Crippen molar-refractivity contribution in [2.75, 3.05) is 38.2 Å². The molecule has 118 valence electrons. The molecule has 1 atom stereocenters. The third kappa shape index (κ3) is 3.57. The first-order valence-electron chi connectivity index (χ1n) is 8.01. The Labute approximate surface area is 130 Å². The zero-order chi connectivity index (χ0) is 15.4. The first-order chi connectivity index (χ1) is 10.8. The Kier molecular flexibility index (Phi) is 4.91. The van der Waals surface area contributed by atoms with E-state index in [2.05, 4.69) is 10.2 Å². The molecular formula is C17H22FN3O. The minimum absolute atomic E-state index is 0.119. The fraction of sp³-hybridized carbons (Fsp3) is 0.588. The molecule has 3 rings (SSSR count). The van der Waals surface area contributed by atoms with E-state index in [0.29, 0.717) is 17.6 Å². The molecule has 1 unspecified atom stereocenters. The van der Waals surface area contributed by atoms with Crippen molar-refractivity contribution in [1.82, 2.24) is 4.90 Å². The van der Waals surface area contributed by atoms with Crippen molar-refractivity contribution in [3.8, 4) is 6.07 Å². The average molecular weight is 303 g/mol. The molecule has 1 N–H and O–H groups in total. The minimum atomic E-state index is -0.453. The molecule has 2 heterocycles. The van der Waals surface area contributed by atoms with E-state index in [0.717, 1.165) is 45.7 Å². The smallest absolute Gasteiger partial charge is 0.143 e. The van der Waals surface area contributed by atoms with E-state index < -0.39 is 5.82 Å². The Balaban J connectivity index is 1.52. The average Bonchev–Trinajstić information content (AvgIpc) is 3.02. The summed E-state index contributed by atoms with van der Waals surface area (Å²) in [7, 11) is 0. The Hall–Kier alpha value is -1.64. The van der Waals surface area contributed by atoms with Crippen LogP contribution in [0.4, 0.5) is 10.1 Å². The summed E-state index contributed by atoms with van der Waals surface area (Å²) in [6, 6.07) is 7.02. The molecule has 0 saturated carbocycles. The molecule has 1 aromatic carbocycles. The lowest BCUT2D eigenvalue weighted by Crippen LogP contribution is -2.41. The van der Waals surface area contributed by atoms with Gasteiger partial charge in [0.2, 0.25) is 0 Å². The van der Waals surface area contributed by atoms with Gasteiger partial charge >= 0.3 is 0 Å². The molecule has 0 amide bonds. The van der Waals surface area contributed by atoms with Crippen molar-refractivity contribution in [1.29, 1.82) is 5.26 Å². The van der Waals surface area contributed by atoms with Crippen molar-refractivity contribution in [2.45, 2.75) is 25.3 Å². The van der Waals surface area contributed by atoms with E-state index >= 15 is 0 Å². The van der Waals surface area contributed by atoms with Crippen LogP contribution >= 0.6 is 0 Å². The third-order valence-corrected chi connectivity index (χ3v) is 4.61. The summed E-state index contributed by atoms with van der Waals surface area (Å²) in [5, 5.41) is 12.4. The second-order valence-electron chi connectivity index (χ2n) is 6.22. The van der Waals surface area contributed by atoms with Gasteiger partial charge in [0.25, 0.3) is 0 Å². The van der Waals surface area contributed by atoms with E-state index in [9.17, 15) is 4.39 Å². The maximum atomic E-state index is 13.6. The SMILES string of the molecule is N#Cc1c(F)cccc1NC1CCN(CC2CCOC2)CC1. The number of nitrogens with one attached hydrogen (secondary N) is 1. The molecule has 5 heteroatoms. The summed E-state index contributed by atoms with van der Waals surface area (Å²) >= 11 is 0. The molecule has 0 bridgehead atoms. The molecule has 0 aliphatic carbocycles. The van der Waals surface area contributed by atoms with E-state index in [1.54, 1.807) is 12.1 Å². The highest BCUT2D eigenvalue weighted by molar-refractivity contribution is 5.58. The predicted octanol–water partition coefficient (Wildman–Crippen LogP) is 2.61.